The monoisotopic (exact) mass is 289 g/mol. The summed E-state index contributed by atoms with van der Waals surface area (Å²) in [6.07, 6.45) is -4.47. The lowest BCUT2D eigenvalue weighted by Gasteiger charge is -2.18. The third kappa shape index (κ3) is 6.07. The molecule has 0 fully saturated rings. The maximum atomic E-state index is 12.0. The summed E-state index contributed by atoms with van der Waals surface area (Å²) in [5.41, 5.74) is 5.60. The van der Waals surface area contributed by atoms with Crippen molar-refractivity contribution in [1.29, 1.82) is 0 Å². The zero-order valence-corrected chi connectivity index (χ0v) is 10.4. The molecule has 0 spiro atoms. The van der Waals surface area contributed by atoms with Crippen molar-refractivity contribution in [3.63, 3.8) is 0 Å². The summed E-state index contributed by atoms with van der Waals surface area (Å²) in [6.45, 7) is -1.46. The van der Waals surface area contributed by atoms with Crippen LogP contribution in [0.15, 0.2) is 30.3 Å². The van der Waals surface area contributed by atoms with Crippen LogP contribution in [-0.4, -0.2) is 30.7 Å². The number of amides is 3. The number of urea groups is 1. The molecule has 0 radical (unpaired) electrons. The number of hydrogen-bond donors (Lipinski definition) is 3. The lowest BCUT2D eigenvalue weighted by Crippen LogP contribution is -2.51. The van der Waals surface area contributed by atoms with Crippen LogP contribution in [-0.2, 0) is 11.2 Å². The Bertz CT molecular complexity index is 463. The quantitative estimate of drug-likeness (QED) is 0.754. The van der Waals surface area contributed by atoms with Gasteiger partial charge in [0, 0.05) is 6.42 Å². The third-order valence-electron chi connectivity index (χ3n) is 2.38. The summed E-state index contributed by atoms with van der Waals surface area (Å²) in [5, 5.41) is 3.84. The van der Waals surface area contributed by atoms with Crippen LogP contribution in [0.4, 0.5) is 18.0 Å². The van der Waals surface area contributed by atoms with Gasteiger partial charge >= 0.3 is 12.2 Å². The fourth-order valence-electron chi connectivity index (χ4n) is 1.54. The molecule has 0 saturated heterocycles. The summed E-state index contributed by atoms with van der Waals surface area (Å²) in [4.78, 5) is 22.5. The van der Waals surface area contributed by atoms with Crippen LogP contribution in [0.5, 0.6) is 0 Å². The fraction of sp³-hybridized carbons (Fsp3) is 0.333. The minimum absolute atomic E-state index is 0.0491. The molecule has 3 amide bonds. The van der Waals surface area contributed by atoms with Crippen LogP contribution in [0.1, 0.15) is 5.56 Å². The molecular weight excluding hydrogens is 275 g/mol. The number of nitrogens with one attached hydrogen (secondary N) is 2. The van der Waals surface area contributed by atoms with Gasteiger partial charge in [-0.25, -0.2) is 4.79 Å². The Kier molecular flexibility index (Phi) is 5.36. The zero-order valence-electron chi connectivity index (χ0n) is 10.4. The van der Waals surface area contributed by atoms with Crippen LogP contribution in [0.25, 0.3) is 0 Å². The van der Waals surface area contributed by atoms with E-state index in [-0.39, 0.29) is 6.42 Å². The van der Waals surface area contributed by atoms with Crippen molar-refractivity contribution in [3.8, 4) is 0 Å². The maximum absolute atomic E-state index is 12.0. The first-order valence-electron chi connectivity index (χ1n) is 5.72. The van der Waals surface area contributed by atoms with Crippen molar-refractivity contribution in [2.75, 3.05) is 6.54 Å². The van der Waals surface area contributed by atoms with E-state index in [9.17, 15) is 22.8 Å². The summed E-state index contributed by atoms with van der Waals surface area (Å²) < 4.78 is 36.1. The van der Waals surface area contributed by atoms with Gasteiger partial charge in [0.1, 0.15) is 12.6 Å². The first kappa shape index (κ1) is 15.8. The van der Waals surface area contributed by atoms with E-state index < -0.39 is 30.7 Å². The number of primary amides is 1. The highest BCUT2D eigenvalue weighted by Crippen LogP contribution is 2.12. The molecular formula is C12H14F3N3O2. The van der Waals surface area contributed by atoms with Gasteiger partial charge in [0.05, 0.1) is 0 Å². The lowest BCUT2D eigenvalue weighted by molar-refractivity contribution is -0.139. The average Bonchev–Trinajstić information content (AvgIpc) is 2.35. The molecule has 1 rings (SSSR count). The highest BCUT2D eigenvalue weighted by molar-refractivity contribution is 5.86. The van der Waals surface area contributed by atoms with Gasteiger partial charge in [-0.1, -0.05) is 30.3 Å². The number of hydrogen-bond acceptors (Lipinski definition) is 2. The van der Waals surface area contributed by atoms with Gasteiger partial charge in [-0.15, -0.1) is 0 Å². The molecule has 20 heavy (non-hydrogen) atoms. The first-order valence-corrected chi connectivity index (χ1v) is 5.72. The molecule has 0 heterocycles. The van der Waals surface area contributed by atoms with Crippen LogP contribution >= 0.6 is 0 Å². The molecule has 5 nitrogen and oxygen atoms in total. The van der Waals surface area contributed by atoms with E-state index in [0.29, 0.717) is 5.56 Å². The Morgan fingerprint density at radius 2 is 1.80 bits per heavy atom. The average molecular weight is 289 g/mol. The molecule has 1 unspecified atom stereocenters. The van der Waals surface area contributed by atoms with Crippen LogP contribution in [0.2, 0.25) is 0 Å². The van der Waals surface area contributed by atoms with Crippen LogP contribution < -0.4 is 16.4 Å². The number of nitrogens with two attached hydrogens (primary N) is 1. The Hall–Kier alpha value is -2.25. The van der Waals surface area contributed by atoms with Gasteiger partial charge in [-0.05, 0) is 5.56 Å². The van der Waals surface area contributed by atoms with E-state index in [1.165, 1.54) is 0 Å². The number of halogens is 3. The van der Waals surface area contributed by atoms with E-state index >= 15 is 0 Å². The summed E-state index contributed by atoms with van der Waals surface area (Å²) >= 11 is 0. The largest absolute Gasteiger partial charge is 0.405 e. The van der Waals surface area contributed by atoms with E-state index in [1.54, 1.807) is 35.6 Å². The standard InChI is InChI=1S/C12H14F3N3O2/c13-12(14,15)7-17-10(19)9(18-11(16)20)6-8-4-2-1-3-5-8/h1-5,9H,6-7H2,(H,17,19)(H3,16,18,20). The molecule has 0 aliphatic carbocycles. The highest BCUT2D eigenvalue weighted by atomic mass is 19.4. The van der Waals surface area contributed by atoms with Gasteiger partial charge in [0.15, 0.2) is 0 Å². The summed E-state index contributed by atoms with van der Waals surface area (Å²) in [5.74, 6) is -0.940. The van der Waals surface area contributed by atoms with Gasteiger partial charge in [-0.3, -0.25) is 4.79 Å². The van der Waals surface area contributed by atoms with E-state index in [1.807, 2.05) is 0 Å². The van der Waals surface area contributed by atoms with E-state index in [4.69, 9.17) is 5.73 Å². The normalized spacial score (nSPS) is 12.6. The number of carbonyl (C=O) groups excluding carboxylic acids is 2. The fourth-order valence-corrected chi connectivity index (χ4v) is 1.54. The Labute approximate surface area is 113 Å². The van der Waals surface area contributed by atoms with E-state index in [0.717, 1.165) is 0 Å². The van der Waals surface area contributed by atoms with Crippen LogP contribution in [0.3, 0.4) is 0 Å². The van der Waals surface area contributed by atoms with Gasteiger partial charge in [-0.2, -0.15) is 13.2 Å². The lowest BCUT2D eigenvalue weighted by atomic mass is 10.1. The molecule has 0 aliphatic rings. The minimum Gasteiger partial charge on any atom is -0.352 e. The summed E-state index contributed by atoms with van der Waals surface area (Å²) in [6, 6.07) is 6.42. The maximum Gasteiger partial charge on any atom is 0.405 e. The van der Waals surface area contributed by atoms with Crippen molar-refractivity contribution >= 4 is 11.9 Å². The van der Waals surface area contributed by atoms with E-state index in [2.05, 4.69) is 5.32 Å². The van der Waals surface area contributed by atoms with Crippen molar-refractivity contribution in [2.24, 2.45) is 5.73 Å². The second-order valence-corrected chi connectivity index (χ2v) is 4.08. The molecule has 110 valence electrons. The number of carbonyl (C=O) groups is 2. The van der Waals surface area contributed by atoms with Crippen molar-refractivity contribution in [3.05, 3.63) is 35.9 Å². The molecule has 1 aromatic carbocycles. The van der Waals surface area contributed by atoms with Gasteiger partial charge < -0.3 is 16.4 Å². The second kappa shape index (κ2) is 6.78. The predicted octanol–water partition coefficient (Wildman–Crippen LogP) is 0.944. The number of alkyl halides is 3. The number of rotatable bonds is 5. The first-order chi connectivity index (χ1) is 9.28. The molecule has 0 bridgehead atoms. The number of benzene rings is 1. The molecule has 0 aromatic heterocycles. The third-order valence-corrected chi connectivity index (χ3v) is 2.38. The molecule has 1 atom stereocenters. The Morgan fingerprint density at radius 1 is 1.20 bits per heavy atom. The minimum atomic E-state index is -4.51. The molecule has 0 saturated carbocycles. The van der Waals surface area contributed by atoms with Crippen molar-refractivity contribution < 1.29 is 22.8 Å². The van der Waals surface area contributed by atoms with Gasteiger partial charge in [0.2, 0.25) is 5.91 Å². The Morgan fingerprint density at radius 3 is 2.30 bits per heavy atom. The highest BCUT2D eigenvalue weighted by Gasteiger charge is 2.30. The smallest absolute Gasteiger partial charge is 0.352 e. The second-order valence-electron chi connectivity index (χ2n) is 4.08. The molecule has 1 aromatic rings. The molecule has 8 heteroatoms. The van der Waals surface area contributed by atoms with Crippen molar-refractivity contribution in [1.82, 2.24) is 10.6 Å². The summed E-state index contributed by atoms with van der Waals surface area (Å²) in [7, 11) is 0. The topological polar surface area (TPSA) is 84.2 Å². The van der Waals surface area contributed by atoms with Gasteiger partial charge in [0.25, 0.3) is 0 Å². The molecule has 4 N–H and O–H groups in total. The molecule has 0 aliphatic heterocycles. The Balaban J connectivity index is 2.68. The van der Waals surface area contributed by atoms with Crippen molar-refractivity contribution in [2.45, 2.75) is 18.6 Å². The zero-order chi connectivity index (χ0) is 15.2. The van der Waals surface area contributed by atoms with Crippen LogP contribution in [0, 0.1) is 0 Å². The SMILES string of the molecule is NC(=O)NC(Cc1ccccc1)C(=O)NCC(F)(F)F. The predicted molar refractivity (Wildman–Crippen MR) is 65.7 cm³/mol.